The summed E-state index contributed by atoms with van der Waals surface area (Å²) in [6.07, 6.45) is 4.50. The zero-order valence-electron chi connectivity index (χ0n) is 8.37. The van der Waals surface area contributed by atoms with Crippen LogP contribution >= 0.6 is 11.3 Å². The number of aromatic nitrogens is 2. The molecule has 1 fully saturated rings. The summed E-state index contributed by atoms with van der Waals surface area (Å²) >= 11 is 1.69. The number of fused-ring (bicyclic) bond motifs is 1. The fraction of sp³-hybridized carbons (Fsp3) is 0.455. The molecule has 0 amide bonds. The third kappa shape index (κ3) is 1.08. The van der Waals surface area contributed by atoms with Crippen LogP contribution in [0.1, 0.15) is 30.3 Å². The van der Waals surface area contributed by atoms with Gasteiger partial charge in [-0.1, -0.05) is 18.3 Å². The van der Waals surface area contributed by atoms with Crippen molar-refractivity contribution in [2.45, 2.75) is 32.1 Å². The number of rotatable bonds is 1. The van der Waals surface area contributed by atoms with Crippen molar-refractivity contribution in [3.63, 3.8) is 0 Å². The van der Waals surface area contributed by atoms with E-state index in [0.29, 0.717) is 5.41 Å². The first-order valence-electron chi connectivity index (χ1n) is 4.92. The van der Waals surface area contributed by atoms with Crippen molar-refractivity contribution in [1.82, 2.24) is 9.97 Å². The molecular formula is C11H12N2S. The normalized spacial score (nSPS) is 18.7. The summed E-state index contributed by atoms with van der Waals surface area (Å²) < 4.78 is 0. The van der Waals surface area contributed by atoms with Crippen molar-refractivity contribution in [2.24, 2.45) is 0 Å². The highest BCUT2D eigenvalue weighted by atomic mass is 32.1. The molecule has 2 aromatic heterocycles. The van der Waals surface area contributed by atoms with Gasteiger partial charge in [0.1, 0.15) is 10.3 Å². The number of aryl methyl sites for hydroxylation is 1. The van der Waals surface area contributed by atoms with Gasteiger partial charge in [-0.25, -0.2) is 9.97 Å². The maximum Gasteiger partial charge on any atom is 0.143 e. The van der Waals surface area contributed by atoms with Crippen molar-refractivity contribution < 1.29 is 0 Å². The van der Waals surface area contributed by atoms with Crippen molar-refractivity contribution in [3.05, 3.63) is 22.8 Å². The smallest absolute Gasteiger partial charge is 0.143 e. The highest BCUT2D eigenvalue weighted by Gasteiger charge is 2.40. The van der Waals surface area contributed by atoms with Crippen LogP contribution in [0.2, 0.25) is 0 Å². The van der Waals surface area contributed by atoms with Crippen LogP contribution in [0.15, 0.2) is 12.3 Å². The van der Waals surface area contributed by atoms with Gasteiger partial charge in [0.2, 0.25) is 0 Å². The molecule has 0 unspecified atom stereocenters. The Kier molecular flexibility index (Phi) is 1.52. The Labute approximate surface area is 87.0 Å². The summed E-state index contributed by atoms with van der Waals surface area (Å²) in [7, 11) is 0. The van der Waals surface area contributed by atoms with Crippen molar-refractivity contribution in [3.8, 4) is 0 Å². The van der Waals surface area contributed by atoms with E-state index in [2.05, 4.69) is 23.0 Å². The number of hydrogen-bond donors (Lipinski definition) is 0. The van der Waals surface area contributed by atoms with E-state index in [1.807, 2.05) is 13.1 Å². The SMILES string of the molecule is Cc1nc2c(C3(C)CC3)ccnc2s1. The molecule has 0 bridgehead atoms. The summed E-state index contributed by atoms with van der Waals surface area (Å²) in [6.45, 7) is 4.36. The quantitative estimate of drug-likeness (QED) is 0.713. The monoisotopic (exact) mass is 204 g/mol. The first-order chi connectivity index (χ1) is 6.69. The molecule has 0 N–H and O–H groups in total. The molecule has 2 aromatic rings. The Balaban J connectivity index is 2.32. The van der Waals surface area contributed by atoms with Crippen LogP contribution in [0.25, 0.3) is 10.3 Å². The van der Waals surface area contributed by atoms with Gasteiger partial charge in [0.25, 0.3) is 0 Å². The van der Waals surface area contributed by atoms with E-state index in [-0.39, 0.29) is 0 Å². The van der Waals surface area contributed by atoms with E-state index in [9.17, 15) is 0 Å². The van der Waals surface area contributed by atoms with Gasteiger partial charge in [-0.15, -0.1) is 0 Å². The minimum Gasteiger partial charge on any atom is -0.244 e. The molecule has 0 atom stereocenters. The van der Waals surface area contributed by atoms with E-state index in [0.717, 1.165) is 15.4 Å². The maximum absolute atomic E-state index is 4.58. The highest BCUT2D eigenvalue weighted by Crippen LogP contribution is 2.49. The number of nitrogens with zero attached hydrogens (tertiary/aromatic N) is 2. The summed E-state index contributed by atoms with van der Waals surface area (Å²) in [4.78, 5) is 10.0. The van der Waals surface area contributed by atoms with Gasteiger partial charge in [0.15, 0.2) is 0 Å². The van der Waals surface area contributed by atoms with E-state index < -0.39 is 0 Å². The lowest BCUT2D eigenvalue weighted by Gasteiger charge is -2.07. The maximum atomic E-state index is 4.58. The molecule has 0 aromatic carbocycles. The van der Waals surface area contributed by atoms with Crippen LogP contribution in [0.3, 0.4) is 0 Å². The van der Waals surface area contributed by atoms with Gasteiger partial charge in [-0.05, 0) is 36.8 Å². The number of pyridine rings is 1. The molecule has 1 saturated carbocycles. The lowest BCUT2D eigenvalue weighted by Crippen LogP contribution is -2.00. The number of hydrogen-bond acceptors (Lipinski definition) is 3. The molecule has 1 aliphatic carbocycles. The first-order valence-corrected chi connectivity index (χ1v) is 5.73. The minimum atomic E-state index is 0.391. The summed E-state index contributed by atoms with van der Waals surface area (Å²) in [5, 5.41) is 1.12. The van der Waals surface area contributed by atoms with Gasteiger partial charge >= 0.3 is 0 Å². The van der Waals surface area contributed by atoms with Crippen molar-refractivity contribution in [1.29, 1.82) is 0 Å². The van der Waals surface area contributed by atoms with Gasteiger partial charge in [-0.2, -0.15) is 0 Å². The van der Waals surface area contributed by atoms with Gasteiger partial charge in [0.05, 0.1) is 5.01 Å². The summed E-state index contributed by atoms with van der Waals surface area (Å²) in [5.74, 6) is 0. The highest BCUT2D eigenvalue weighted by molar-refractivity contribution is 7.18. The molecule has 2 nitrogen and oxygen atoms in total. The fourth-order valence-corrected chi connectivity index (χ4v) is 2.66. The van der Waals surface area contributed by atoms with E-state index in [4.69, 9.17) is 0 Å². The second-order valence-corrected chi connectivity index (χ2v) is 5.49. The molecule has 0 aliphatic heterocycles. The molecule has 72 valence electrons. The third-order valence-electron chi connectivity index (χ3n) is 3.05. The van der Waals surface area contributed by atoms with Crippen LogP contribution in [-0.2, 0) is 5.41 Å². The number of thiazole rings is 1. The predicted molar refractivity (Wildman–Crippen MR) is 58.7 cm³/mol. The molecule has 3 heteroatoms. The zero-order valence-corrected chi connectivity index (χ0v) is 9.19. The van der Waals surface area contributed by atoms with Crippen LogP contribution in [-0.4, -0.2) is 9.97 Å². The predicted octanol–water partition coefficient (Wildman–Crippen LogP) is 3.05. The molecule has 0 spiro atoms. The van der Waals surface area contributed by atoms with Crippen LogP contribution < -0.4 is 0 Å². The lowest BCUT2D eigenvalue weighted by molar-refractivity contribution is 0.793. The van der Waals surface area contributed by atoms with Crippen LogP contribution in [0.4, 0.5) is 0 Å². The minimum absolute atomic E-state index is 0.391. The van der Waals surface area contributed by atoms with Gasteiger partial charge in [-0.3, -0.25) is 0 Å². The summed E-state index contributed by atoms with van der Waals surface area (Å²) in [6, 6.07) is 2.13. The molecule has 0 radical (unpaired) electrons. The Morgan fingerprint density at radius 2 is 2.21 bits per heavy atom. The molecule has 14 heavy (non-hydrogen) atoms. The Morgan fingerprint density at radius 3 is 2.93 bits per heavy atom. The van der Waals surface area contributed by atoms with E-state index in [1.54, 1.807) is 11.3 Å². The summed E-state index contributed by atoms with van der Waals surface area (Å²) in [5.41, 5.74) is 2.92. The van der Waals surface area contributed by atoms with Gasteiger partial charge < -0.3 is 0 Å². The van der Waals surface area contributed by atoms with Gasteiger partial charge in [0, 0.05) is 6.20 Å². The molecular weight excluding hydrogens is 192 g/mol. The van der Waals surface area contributed by atoms with Crippen LogP contribution in [0, 0.1) is 6.92 Å². The largest absolute Gasteiger partial charge is 0.244 e. The third-order valence-corrected chi connectivity index (χ3v) is 3.93. The lowest BCUT2D eigenvalue weighted by atomic mass is 9.99. The molecule has 3 rings (SSSR count). The second kappa shape index (κ2) is 2.54. The van der Waals surface area contributed by atoms with E-state index in [1.165, 1.54) is 18.4 Å². The topological polar surface area (TPSA) is 25.8 Å². The molecule has 0 saturated heterocycles. The van der Waals surface area contributed by atoms with E-state index >= 15 is 0 Å². The molecule has 2 heterocycles. The second-order valence-electron chi connectivity index (χ2n) is 4.31. The Morgan fingerprint density at radius 1 is 1.43 bits per heavy atom. The fourth-order valence-electron chi connectivity index (χ4n) is 1.88. The average Bonchev–Trinajstić information content (AvgIpc) is 2.78. The average molecular weight is 204 g/mol. The Hall–Kier alpha value is -0.960. The van der Waals surface area contributed by atoms with Crippen LogP contribution in [0.5, 0.6) is 0 Å². The van der Waals surface area contributed by atoms with Crippen molar-refractivity contribution in [2.75, 3.05) is 0 Å². The van der Waals surface area contributed by atoms with Crippen molar-refractivity contribution >= 4 is 21.7 Å². The Bertz CT molecular complexity index is 497. The zero-order chi connectivity index (χ0) is 9.76. The molecule has 1 aliphatic rings. The first kappa shape index (κ1) is 8.36. The standard InChI is InChI=1S/C11H12N2S/c1-7-13-9-8(11(2)4-5-11)3-6-12-10(9)14-7/h3,6H,4-5H2,1-2H3.